The minimum atomic E-state index is -0.297. The number of piperazine rings is 1. The van der Waals surface area contributed by atoms with Crippen LogP contribution in [0.5, 0.6) is 11.5 Å². The van der Waals surface area contributed by atoms with Crippen molar-refractivity contribution in [3.8, 4) is 11.5 Å². The van der Waals surface area contributed by atoms with Gasteiger partial charge in [-0.15, -0.1) is 0 Å². The number of likely N-dealkylation sites (tertiary alicyclic amines) is 1. The number of benzene rings is 1. The molecule has 0 radical (unpaired) electrons. The van der Waals surface area contributed by atoms with E-state index < -0.39 is 0 Å². The van der Waals surface area contributed by atoms with Gasteiger partial charge in [0.2, 0.25) is 5.91 Å². The number of ether oxygens (including phenoxy) is 2. The molecule has 2 heterocycles. The molecule has 0 aliphatic carbocycles. The van der Waals surface area contributed by atoms with Crippen molar-refractivity contribution < 1.29 is 24.2 Å². The number of phenols is 1. The van der Waals surface area contributed by atoms with Crippen molar-refractivity contribution in [3.05, 3.63) is 23.8 Å². The lowest BCUT2D eigenvalue weighted by Crippen LogP contribution is -2.53. The van der Waals surface area contributed by atoms with Crippen LogP contribution in [0.2, 0.25) is 0 Å². The Bertz CT molecular complexity index is 710. The van der Waals surface area contributed by atoms with Crippen molar-refractivity contribution in [3.63, 3.8) is 0 Å². The van der Waals surface area contributed by atoms with Gasteiger partial charge >= 0.3 is 6.09 Å². The molecule has 0 saturated carbocycles. The summed E-state index contributed by atoms with van der Waals surface area (Å²) in [5.41, 5.74) is 0.837. The summed E-state index contributed by atoms with van der Waals surface area (Å²) in [7, 11) is 1.54. The Hall–Kier alpha value is -2.48. The number of para-hydroxylation sites is 1. The van der Waals surface area contributed by atoms with Crippen molar-refractivity contribution in [2.24, 2.45) is 5.92 Å². The third-order valence-electron chi connectivity index (χ3n) is 5.75. The molecule has 1 aromatic carbocycles. The van der Waals surface area contributed by atoms with Gasteiger partial charge in [0, 0.05) is 44.2 Å². The predicted molar refractivity (Wildman–Crippen MR) is 108 cm³/mol. The van der Waals surface area contributed by atoms with Crippen LogP contribution in [0.1, 0.15) is 25.3 Å². The molecule has 160 valence electrons. The smallest absolute Gasteiger partial charge is 0.409 e. The van der Waals surface area contributed by atoms with Crippen LogP contribution in [-0.4, -0.2) is 84.8 Å². The molecule has 2 saturated heterocycles. The fourth-order valence-electron chi connectivity index (χ4n) is 4.02. The molecule has 2 fully saturated rings. The maximum absolute atomic E-state index is 12.9. The summed E-state index contributed by atoms with van der Waals surface area (Å²) in [4.78, 5) is 30.5. The lowest BCUT2D eigenvalue weighted by molar-refractivity contribution is -0.138. The Balaban J connectivity index is 1.46. The van der Waals surface area contributed by atoms with Gasteiger partial charge in [-0.3, -0.25) is 9.69 Å². The van der Waals surface area contributed by atoms with Gasteiger partial charge in [-0.05, 0) is 38.9 Å². The normalized spacial score (nSPS) is 18.6. The number of carbonyl (C=O) groups excluding carboxylic acids is 2. The predicted octanol–water partition coefficient (Wildman–Crippen LogP) is 1.91. The third kappa shape index (κ3) is 5.12. The zero-order chi connectivity index (χ0) is 20.8. The minimum absolute atomic E-state index is 0.0271. The van der Waals surface area contributed by atoms with Crippen molar-refractivity contribution in [2.75, 3.05) is 53.0 Å². The van der Waals surface area contributed by atoms with Crippen LogP contribution >= 0.6 is 0 Å². The van der Waals surface area contributed by atoms with Crippen LogP contribution in [0.25, 0.3) is 0 Å². The van der Waals surface area contributed by atoms with Gasteiger partial charge in [-0.1, -0.05) is 12.1 Å². The average Bonchev–Trinajstić information content (AvgIpc) is 2.75. The Morgan fingerprint density at radius 1 is 1.07 bits per heavy atom. The fraction of sp³-hybridized carbons (Fsp3) is 0.619. The van der Waals surface area contributed by atoms with Crippen LogP contribution < -0.4 is 4.74 Å². The van der Waals surface area contributed by atoms with E-state index in [4.69, 9.17) is 9.47 Å². The van der Waals surface area contributed by atoms with E-state index in [2.05, 4.69) is 4.90 Å². The molecule has 1 aromatic rings. The number of phenolic OH excluding ortho intramolecular Hbond substituents is 1. The molecule has 29 heavy (non-hydrogen) atoms. The quantitative estimate of drug-likeness (QED) is 0.806. The van der Waals surface area contributed by atoms with Crippen LogP contribution in [-0.2, 0) is 16.1 Å². The third-order valence-corrected chi connectivity index (χ3v) is 5.75. The first kappa shape index (κ1) is 21.2. The molecule has 8 nitrogen and oxygen atoms in total. The van der Waals surface area contributed by atoms with Crippen molar-refractivity contribution in [1.29, 1.82) is 0 Å². The van der Waals surface area contributed by atoms with Gasteiger partial charge < -0.3 is 24.4 Å². The standard InChI is InChI=1S/C21H31N3O5/c1-3-29-21(27)24-13-11-23(12-14-24)20(26)16-7-9-22(10-8-16)15-17-5-4-6-18(28-2)19(17)25/h4-6,16,25H,3,7-15H2,1-2H3. The lowest BCUT2D eigenvalue weighted by atomic mass is 9.94. The van der Waals surface area contributed by atoms with Gasteiger partial charge in [0.15, 0.2) is 11.5 Å². The van der Waals surface area contributed by atoms with Crippen LogP contribution in [0.4, 0.5) is 4.79 Å². The molecule has 0 atom stereocenters. The van der Waals surface area contributed by atoms with Crippen LogP contribution in [0, 0.1) is 5.92 Å². The number of carbonyl (C=O) groups is 2. The monoisotopic (exact) mass is 405 g/mol. The lowest BCUT2D eigenvalue weighted by Gasteiger charge is -2.38. The highest BCUT2D eigenvalue weighted by Crippen LogP contribution is 2.31. The summed E-state index contributed by atoms with van der Waals surface area (Å²) in [6, 6.07) is 5.52. The molecular formula is C21H31N3O5. The van der Waals surface area contributed by atoms with Gasteiger partial charge in [0.25, 0.3) is 0 Å². The van der Waals surface area contributed by atoms with E-state index in [1.807, 2.05) is 17.0 Å². The number of hydrogen-bond donors (Lipinski definition) is 1. The molecular weight excluding hydrogens is 374 g/mol. The average molecular weight is 405 g/mol. The highest BCUT2D eigenvalue weighted by Gasteiger charge is 2.31. The maximum atomic E-state index is 12.9. The molecule has 0 spiro atoms. The molecule has 3 rings (SSSR count). The van der Waals surface area contributed by atoms with Gasteiger partial charge in [0.05, 0.1) is 13.7 Å². The molecule has 0 unspecified atom stereocenters. The summed E-state index contributed by atoms with van der Waals surface area (Å²) in [5, 5.41) is 10.3. The van der Waals surface area contributed by atoms with Gasteiger partial charge in [-0.2, -0.15) is 0 Å². The van der Waals surface area contributed by atoms with Crippen LogP contribution in [0.3, 0.4) is 0 Å². The van der Waals surface area contributed by atoms with E-state index in [0.717, 1.165) is 31.5 Å². The van der Waals surface area contributed by atoms with E-state index in [1.54, 1.807) is 25.0 Å². The number of nitrogens with zero attached hydrogens (tertiary/aromatic N) is 3. The molecule has 8 heteroatoms. The summed E-state index contributed by atoms with van der Waals surface area (Å²) in [6.45, 7) is 6.61. The van der Waals surface area contributed by atoms with Crippen molar-refractivity contribution in [1.82, 2.24) is 14.7 Å². The maximum Gasteiger partial charge on any atom is 0.409 e. The van der Waals surface area contributed by atoms with E-state index >= 15 is 0 Å². The van der Waals surface area contributed by atoms with Crippen LogP contribution in [0.15, 0.2) is 18.2 Å². The summed E-state index contributed by atoms with van der Waals surface area (Å²) < 4.78 is 10.2. The summed E-state index contributed by atoms with van der Waals surface area (Å²) >= 11 is 0. The highest BCUT2D eigenvalue weighted by atomic mass is 16.6. The molecule has 2 aliphatic heterocycles. The zero-order valence-electron chi connectivity index (χ0n) is 17.3. The second-order valence-electron chi connectivity index (χ2n) is 7.53. The van der Waals surface area contributed by atoms with E-state index in [1.165, 1.54) is 0 Å². The topological polar surface area (TPSA) is 82.6 Å². The first-order valence-electron chi connectivity index (χ1n) is 10.3. The minimum Gasteiger partial charge on any atom is -0.504 e. The molecule has 1 N–H and O–H groups in total. The molecule has 0 aromatic heterocycles. The Labute approximate surface area is 172 Å². The number of amides is 2. The highest BCUT2D eigenvalue weighted by molar-refractivity contribution is 5.79. The second-order valence-corrected chi connectivity index (χ2v) is 7.53. The molecule has 2 amide bonds. The van der Waals surface area contributed by atoms with E-state index in [0.29, 0.717) is 45.1 Å². The second kappa shape index (κ2) is 9.82. The SMILES string of the molecule is CCOC(=O)N1CCN(C(=O)C2CCN(Cc3cccc(OC)c3O)CC2)CC1. The number of piperidine rings is 1. The number of methoxy groups -OCH3 is 1. The fourth-order valence-corrected chi connectivity index (χ4v) is 4.02. The summed E-state index contributed by atoms with van der Waals surface area (Å²) in [6.07, 6.45) is 1.32. The molecule has 2 aliphatic rings. The van der Waals surface area contributed by atoms with E-state index in [-0.39, 0.29) is 23.7 Å². The first-order valence-corrected chi connectivity index (χ1v) is 10.3. The Morgan fingerprint density at radius 2 is 1.72 bits per heavy atom. The number of aromatic hydroxyl groups is 1. The first-order chi connectivity index (χ1) is 14.0. The van der Waals surface area contributed by atoms with Crippen molar-refractivity contribution >= 4 is 12.0 Å². The van der Waals surface area contributed by atoms with Gasteiger partial charge in [0.1, 0.15) is 0 Å². The van der Waals surface area contributed by atoms with E-state index in [9.17, 15) is 14.7 Å². The molecule has 0 bridgehead atoms. The Morgan fingerprint density at radius 3 is 2.34 bits per heavy atom. The summed E-state index contributed by atoms with van der Waals surface area (Å²) in [5.74, 6) is 0.888. The zero-order valence-corrected chi connectivity index (χ0v) is 17.3. The van der Waals surface area contributed by atoms with Crippen molar-refractivity contribution in [2.45, 2.75) is 26.3 Å². The number of rotatable bonds is 5. The van der Waals surface area contributed by atoms with Gasteiger partial charge in [-0.25, -0.2) is 4.79 Å². The largest absolute Gasteiger partial charge is 0.504 e. The number of hydrogen-bond acceptors (Lipinski definition) is 6. The Kier molecular flexibility index (Phi) is 7.19.